The number of rotatable bonds is 4. The lowest BCUT2D eigenvalue weighted by molar-refractivity contribution is -0.156. The third-order valence-corrected chi connectivity index (χ3v) is 8.00. The number of carbonyl (C=O) groups is 1. The monoisotopic (exact) mass is 380 g/mol. The van der Waals surface area contributed by atoms with E-state index < -0.39 is 15.6 Å². The Balaban J connectivity index is 1.93. The third kappa shape index (κ3) is 4.57. The topological polar surface area (TPSA) is 46.5 Å². The maximum Gasteiger partial charge on any atom is 0.309 e. The zero-order valence-corrected chi connectivity index (χ0v) is 18.0. The minimum atomic E-state index is -0.642. The van der Waals surface area contributed by atoms with Gasteiger partial charge in [0.15, 0.2) is 0 Å². The molecule has 0 spiro atoms. The van der Waals surface area contributed by atoms with E-state index in [4.69, 9.17) is 4.74 Å². The van der Waals surface area contributed by atoms with Crippen LogP contribution in [-0.2, 0) is 9.53 Å². The number of aliphatic hydroxyl groups excluding tert-OH is 1. The van der Waals surface area contributed by atoms with Crippen LogP contribution in [0.1, 0.15) is 40.7 Å². The molecule has 0 aromatic heterocycles. The molecule has 4 heteroatoms. The summed E-state index contributed by atoms with van der Waals surface area (Å²) in [6.07, 6.45) is 3.63. The number of ether oxygens (including phenoxy) is 1. The molecule has 1 heterocycles. The first-order valence-electron chi connectivity index (χ1n) is 9.55. The highest BCUT2D eigenvalue weighted by Crippen LogP contribution is 2.18. The first-order valence-corrected chi connectivity index (χ1v) is 11.0. The quantitative estimate of drug-likeness (QED) is 0.653. The average molecular weight is 381 g/mol. The highest BCUT2D eigenvalue weighted by molar-refractivity contribution is 6.69. The van der Waals surface area contributed by atoms with E-state index in [1.165, 1.54) is 38.2 Å². The molecule has 0 aliphatic carbocycles. The number of aliphatic hydroxyl groups is 1. The molecule has 0 saturated carbocycles. The van der Waals surface area contributed by atoms with Gasteiger partial charge in [0.05, 0.1) is 22.0 Å². The molecule has 3 nitrogen and oxygen atoms in total. The van der Waals surface area contributed by atoms with E-state index in [0.717, 1.165) is 0 Å². The normalized spacial score (nSPS) is 20.6. The number of hydrogen-bond acceptors (Lipinski definition) is 3. The van der Waals surface area contributed by atoms with Crippen molar-refractivity contribution in [2.24, 2.45) is 0 Å². The van der Waals surface area contributed by atoms with Gasteiger partial charge in [0.25, 0.3) is 0 Å². The van der Waals surface area contributed by atoms with Crippen LogP contribution < -0.4 is 10.4 Å². The molecule has 3 rings (SSSR count). The zero-order chi connectivity index (χ0) is 19.6. The van der Waals surface area contributed by atoms with Crippen molar-refractivity contribution in [2.45, 2.75) is 52.7 Å². The molecular weight excluding hydrogens is 352 g/mol. The van der Waals surface area contributed by atoms with Crippen LogP contribution in [0, 0.1) is 27.7 Å². The molecule has 1 aliphatic heterocycles. The molecule has 1 aliphatic rings. The Morgan fingerprint density at radius 1 is 1.07 bits per heavy atom. The standard InChI is InChI=1S/C23H28O3Si/c1-14-6-5-7-21(17(14)4)27-23-16(3)9-8-15(2)20(23)11-10-19-12-18(24)13-22(25)26-19/h5-11,18-19,24H,12-13,27H2,1-4H3. The van der Waals surface area contributed by atoms with Crippen molar-refractivity contribution in [1.29, 1.82) is 0 Å². The van der Waals surface area contributed by atoms with E-state index in [2.05, 4.69) is 64.1 Å². The van der Waals surface area contributed by atoms with E-state index in [-0.39, 0.29) is 18.5 Å². The van der Waals surface area contributed by atoms with Gasteiger partial charge in [0.2, 0.25) is 0 Å². The number of carbonyl (C=O) groups excluding carboxylic acids is 1. The largest absolute Gasteiger partial charge is 0.458 e. The summed E-state index contributed by atoms with van der Waals surface area (Å²) in [5.41, 5.74) is 6.51. The minimum Gasteiger partial charge on any atom is -0.458 e. The van der Waals surface area contributed by atoms with E-state index in [0.29, 0.717) is 6.42 Å². The van der Waals surface area contributed by atoms with Gasteiger partial charge in [-0.15, -0.1) is 0 Å². The number of cyclic esters (lactones) is 1. The second-order valence-corrected chi connectivity index (χ2v) is 9.43. The molecule has 0 bridgehead atoms. The third-order valence-electron chi connectivity index (χ3n) is 5.56. The van der Waals surface area contributed by atoms with Gasteiger partial charge in [0.1, 0.15) is 6.10 Å². The average Bonchev–Trinajstić information content (AvgIpc) is 2.60. The fourth-order valence-electron chi connectivity index (χ4n) is 3.68. The highest BCUT2D eigenvalue weighted by atomic mass is 28.2. The summed E-state index contributed by atoms with van der Waals surface area (Å²) in [6.45, 7) is 8.68. The van der Waals surface area contributed by atoms with Gasteiger partial charge in [0, 0.05) is 6.42 Å². The van der Waals surface area contributed by atoms with E-state index in [1.807, 2.05) is 6.08 Å². The van der Waals surface area contributed by atoms with E-state index >= 15 is 0 Å². The minimum absolute atomic E-state index is 0.0958. The molecule has 1 fully saturated rings. The molecular formula is C23H28O3Si. The van der Waals surface area contributed by atoms with Crippen LogP contribution in [0.4, 0.5) is 0 Å². The van der Waals surface area contributed by atoms with Crippen LogP contribution in [0.25, 0.3) is 6.08 Å². The molecule has 27 heavy (non-hydrogen) atoms. The first-order chi connectivity index (χ1) is 12.8. The van der Waals surface area contributed by atoms with Crippen LogP contribution in [-0.4, -0.2) is 32.8 Å². The van der Waals surface area contributed by atoms with Crippen molar-refractivity contribution in [3.8, 4) is 0 Å². The predicted molar refractivity (Wildman–Crippen MR) is 114 cm³/mol. The number of aryl methyl sites for hydroxylation is 3. The predicted octanol–water partition coefficient (Wildman–Crippen LogP) is 2.12. The van der Waals surface area contributed by atoms with E-state index in [1.54, 1.807) is 0 Å². The SMILES string of the molecule is Cc1cccc([SiH2]c2c(C)ccc(C)c2C=CC2CC(O)CC(=O)O2)c1C. The number of hydrogen-bond donors (Lipinski definition) is 1. The summed E-state index contributed by atoms with van der Waals surface area (Å²) >= 11 is 0. The Kier molecular flexibility index (Phi) is 5.97. The Morgan fingerprint density at radius 2 is 1.81 bits per heavy atom. The summed E-state index contributed by atoms with van der Waals surface area (Å²) in [6, 6.07) is 10.9. The van der Waals surface area contributed by atoms with E-state index in [9.17, 15) is 9.90 Å². The molecule has 1 saturated heterocycles. The Labute approximate surface area is 163 Å². The highest BCUT2D eigenvalue weighted by Gasteiger charge is 2.25. The van der Waals surface area contributed by atoms with Gasteiger partial charge in [-0.1, -0.05) is 52.3 Å². The zero-order valence-electron chi connectivity index (χ0n) is 16.6. The second kappa shape index (κ2) is 8.24. The fourth-order valence-corrected chi connectivity index (χ4v) is 5.84. The Hall–Kier alpha value is -2.17. The smallest absolute Gasteiger partial charge is 0.309 e. The number of benzene rings is 2. The maximum atomic E-state index is 11.6. The van der Waals surface area contributed by atoms with Gasteiger partial charge in [-0.3, -0.25) is 4.79 Å². The van der Waals surface area contributed by atoms with Crippen molar-refractivity contribution in [1.82, 2.24) is 0 Å². The molecule has 2 aromatic carbocycles. The molecule has 142 valence electrons. The number of esters is 1. The molecule has 1 N–H and O–H groups in total. The molecule has 0 radical (unpaired) electrons. The Bertz CT molecular complexity index is 885. The summed E-state index contributed by atoms with van der Waals surface area (Å²) in [5.74, 6) is -0.325. The summed E-state index contributed by atoms with van der Waals surface area (Å²) in [4.78, 5) is 11.6. The summed E-state index contributed by atoms with van der Waals surface area (Å²) in [5, 5.41) is 12.7. The lowest BCUT2D eigenvalue weighted by Crippen LogP contribution is -2.34. The van der Waals surface area contributed by atoms with Crippen molar-refractivity contribution in [3.05, 3.63) is 64.2 Å². The van der Waals surface area contributed by atoms with Crippen molar-refractivity contribution in [2.75, 3.05) is 0 Å². The van der Waals surface area contributed by atoms with Crippen LogP contribution in [0.3, 0.4) is 0 Å². The van der Waals surface area contributed by atoms with Crippen molar-refractivity contribution in [3.63, 3.8) is 0 Å². The van der Waals surface area contributed by atoms with Gasteiger partial charge < -0.3 is 9.84 Å². The summed E-state index contributed by atoms with van der Waals surface area (Å²) < 4.78 is 5.37. The van der Waals surface area contributed by atoms with Gasteiger partial charge in [-0.05, 0) is 56.0 Å². The van der Waals surface area contributed by atoms with Crippen molar-refractivity contribution >= 4 is 31.9 Å². The second-order valence-electron chi connectivity index (χ2n) is 7.61. The maximum absolute atomic E-state index is 11.6. The fraction of sp³-hybridized carbons (Fsp3) is 0.348. The van der Waals surface area contributed by atoms with Gasteiger partial charge in [-0.2, -0.15) is 0 Å². The van der Waals surface area contributed by atoms with Crippen LogP contribution in [0.15, 0.2) is 36.4 Å². The molecule has 2 aromatic rings. The lowest BCUT2D eigenvalue weighted by Gasteiger charge is -2.23. The summed E-state index contributed by atoms with van der Waals surface area (Å²) in [7, 11) is -0.642. The molecule has 2 unspecified atom stereocenters. The lowest BCUT2D eigenvalue weighted by atomic mass is 10.0. The van der Waals surface area contributed by atoms with Crippen LogP contribution in [0.2, 0.25) is 0 Å². The van der Waals surface area contributed by atoms with Gasteiger partial charge in [-0.25, -0.2) is 0 Å². The van der Waals surface area contributed by atoms with Crippen LogP contribution >= 0.6 is 0 Å². The van der Waals surface area contributed by atoms with Gasteiger partial charge >= 0.3 is 5.97 Å². The van der Waals surface area contributed by atoms with Crippen LogP contribution in [0.5, 0.6) is 0 Å². The Morgan fingerprint density at radius 3 is 2.56 bits per heavy atom. The molecule has 2 atom stereocenters. The first kappa shape index (κ1) is 19.6. The van der Waals surface area contributed by atoms with Crippen molar-refractivity contribution < 1.29 is 14.6 Å². The molecule has 0 amide bonds.